The molecule has 18 heavy (non-hydrogen) atoms. The van der Waals surface area contributed by atoms with Crippen LogP contribution < -0.4 is 10.6 Å². The number of hydrogen-bond donors (Lipinski definition) is 2. The van der Waals surface area contributed by atoms with E-state index in [0.29, 0.717) is 0 Å². The highest BCUT2D eigenvalue weighted by molar-refractivity contribution is 5.93. The minimum Gasteiger partial charge on any atom is -0.326 e. The lowest BCUT2D eigenvalue weighted by molar-refractivity contribution is -0.120. The molecule has 0 saturated carbocycles. The van der Waals surface area contributed by atoms with Gasteiger partial charge in [-0.25, -0.2) is 0 Å². The third-order valence-corrected chi connectivity index (χ3v) is 3.37. The van der Waals surface area contributed by atoms with Crippen molar-refractivity contribution in [1.82, 2.24) is 5.32 Å². The number of carbonyl (C=O) groups excluding carboxylic acids is 1. The van der Waals surface area contributed by atoms with Gasteiger partial charge in [-0.2, -0.15) is 0 Å². The van der Waals surface area contributed by atoms with Crippen LogP contribution in [0.15, 0.2) is 24.3 Å². The van der Waals surface area contributed by atoms with Crippen molar-refractivity contribution in [3.8, 4) is 0 Å². The summed E-state index contributed by atoms with van der Waals surface area (Å²) in [5, 5.41) is 6.34. The van der Waals surface area contributed by atoms with Gasteiger partial charge in [0.1, 0.15) is 0 Å². The van der Waals surface area contributed by atoms with Crippen LogP contribution in [0.5, 0.6) is 0 Å². The van der Waals surface area contributed by atoms with Crippen molar-refractivity contribution in [3.05, 3.63) is 29.8 Å². The Morgan fingerprint density at radius 3 is 2.67 bits per heavy atom. The first-order valence-electron chi connectivity index (χ1n) is 6.40. The molecule has 1 heterocycles. The van der Waals surface area contributed by atoms with Gasteiger partial charge < -0.3 is 10.6 Å². The number of halogens is 1. The van der Waals surface area contributed by atoms with Crippen molar-refractivity contribution in [2.45, 2.75) is 26.2 Å². The summed E-state index contributed by atoms with van der Waals surface area (Å²) in [6.07, 6.45) is 2.84. The van der Waals surface area contributed by atoms with E-state index in [1.54, 1.807) is 0 Å². The smallest absolute Gasteiger partial charge is 0.227 e. The number of aryl methyl sites for hydroxylation is 1. The van der Waals surface area contributed by atoms with Crippen LogP contribution in [0.1, 0.15) is 25.3 Å². The molecule has 3 nitrogen and oxygen atoms in total. The number of hydrogen-bond acceptors (Lipinski definition) is 2. The lowest BCUT2D eigenvalue weighted by Crippen LogP contribution is -2.34. The Hall–Kier alpha value is -1.06. The van der Waals surface area contributed by atoms with Crippen molar-refractivity contribution >= 4 is 24.0 Å². The normalized spacial score (nSPS) is 15.8. The molecule has 0 unspecified atom stereocenters. The highest BCUT2D eigenvalue weighted by Gasteiger charge is 2.21. The molecule has 0 spiro atoms. The first-order chi connectivity index (χ1) is 8.31. The van der Waals surface area contributed by atoms with Gasteiger partial charge in [0.25, 0.3) is 0 Å². The molecule has 1 aromatic rings. The maximum Gasteiger partial charge on any atom is 0.227 e. The van der Waals surface area contributed by atoms with E-state index in [1.807, 2.05) is 18.2 Å². The fraction of sp³-hybridized carbons (Fsp3) is 0.500. The van der Waals surface area contributed by atoms with Gasteiger partial charge in [-0.3, -0.25) is 4.79 Å². The van der Waals surface area contributed by atoms with Crippen LogP contribution in [0.25, 0.3) is 0 Å². The van der Waals surface area contributed by atoms with Gasteiger partial charge in [-0.05, 0) is 44.0 Å². The fourth-order valence-electron chi connectivity index (χ4n) is 2.27. The Labute approximate surface area is 115 Å². The standard InChI is InChI=1S/C14H20N2O.ClH/c1-2-11-5-3-4-6-13(11)16-14(17)12-7-9-15-10-8-12;/h3-6,12,15H,2,7-10H2,1H3,(H,16,17);1H. The fourth-order valence-corrected chi connectivity index (χ4v) is 2.27. The number of carbonyl (C=O) groups is 1. The highest BCUT2D eigenvalue weighted by atomic mass is 35.5. The second-order valence-electron chi connectivity index (χ2n) is 4.52. The van der Waals surface area contributed by atoms with E-state index in [2.05, 4.69) is 23.6 Å². The molecule has 1 aliphatic heterocycles. The molecule has 2 N–H and O–H groups in total. The average Bonchev–Trinajstić information content (AvgIpc) is 2.40. The van der Waals surface area contributed by atoms with E-state index >= 15 is 0 Å². The highest BCUT2D eigenvalue weighted by Crippen LogP contribution is 2.19. The Morgan fingerprint density at radius 1 is 1.33 bits per heavy atom. The minimum atomic E-state index is 0. The van der Waals surface area contributed by atoms with Crippen LogP contribution >= 0.6 is 12.4 Å². The molecule has 0 aliphatic carbocycles. The summed E-state index contributed by atoms with van der Waals surface area (Å²) in [5.41, 5.74) is 2.17. The van der Waals surface area contributed by atoms with E-state index < -0.39 is 0 Å². The second kappa shape index (κ2) is 7.39. The molecule has 1 saturated heterocycles. The number of piperidine rings is 1. The summed E-state index contributed by atoms with van der Waals surface area (Å²) >= 11 is 0. The molecular formula is C14H21ClN2O. The SMILES string of the molecule is CCc1ccccc1NC(=O)C1CCNCC1.Cl. The third kappa shape index (κ3) is 3.72. The number of rotatable bonds is 3. The van der Waals surface area contributed by atoms with Crippen LogP contribution in [0.2, 0.25) is 0 Å². The molecule has 0 aromatic heterocycles. The van der Waals surface area contributed by atoms with E-state index in [9.17, 15) is 4.79 Å². The third-order valence-electron chi connectivity index (χ3n) is 3.37. The van der Waals surface area contributed by atoms with Crippen molar-refractivity contribution < 1.29 is 4.79 Å². The van der Waals surface area contributed by atoms with Crippen LogP contribution in [0.3, 0.4) is 0 Å². The van der Waals surface area contributed by atoms with Gasteiger partial charge >= 0.3 is 0 Å². The summed E-state index contributed by atoms with van der Waals surface area (Å²) < 4.78 is 0. The molecule has 0 atom stereocenters. The topological polar surface area (TPSA) is 41.1 Å². The molecule has 1 amide bonds. The minimum absolute atomic E-state index is 0. The molecule has 0 radical (unpaired) electrons. The number of amides is 1. The molecule has 2 rings (SSSR count). The molecule has 0 bridgehead atoms. The Morgan fingerprint density at radius 2 is 2.00 bits per heavy atom. The van der Waals surface area contributed by atoms with Crippen LogP contribution in [-0.2, 0) is 11.2 Å². The molecule has 4 heteroatoms. The number of para-hydroxylation sites is 1. The summed E-state index contributed by atoms with van der Waals surface area (Å²) in [6.45, 7) is 4.01. The van der Waals surface area contributed by atoms with Crippen molar-refractivity contribution in [2.24, 2.45) is 5.92 Å². The summed E-state index contributed by atoms with van der Waals surface area (Å²) in [7, 11) is 0. The summed E-state index contributed by atoms with van der Waals surface area (Å²) in [4.78, 5) is 12.1. The predicted octanol–water partition coefficient (Wildman–Crippen LogP) is 2.61. The van der Waals surface area contributed by atoms with Crippen LogP contribution in [-0.4, -0.2) is 19.0 Å². The van der Waals surface area contributed by atoms with Crippen molar-refractivity contribution in [1.29, 1.82) is 0 Å². The van der Waals surface area contributed by atoms with Gasteiger partial charge in [-0.15, -0.1) is 12.4 Å². The Balaban J connectivity index is 0.00000162. The second-order valence-corrected chi connectivity index (χ2v) is 4.52. The first-order valence-corrected chi connectivity index (χ1v) is 6.40. The maximum atomic E-state index is 12.1. The molecule has 1 fully saturated rings. The molecule has 1 aromatic carbocycles. The van der Waals surface area contributed by atoms with E-state index in [1.165, 1.54) is 5.56 Å². The summed E-state index contributed by atoms with van der Waals surface area (Å²) in [6, 6.07) is 8.03. The number of nitrogens with one attached hydrogen (secondary N) is 2. The first kappa shape index (κ1) is 15.0. The lowest BCUT2D eigenvalue weighted by atomic mass is 9.97. The van der Waals surface area contributed by atoms with Crippen molar-refractivity contribution in [3.63, 3.8) is 0 Å². The monoisotopic (exact) mass is 268 g/mol. The van der Waals surface area contributed by atoms with Gasteiger partial charge in [-0.1, -0.05) is 25.1 Å². The predicted molar refractivity (Wildman–Crippen MR) is 77.3 cm³/mol. The van der Waals surface area contributed by atoms with Gasteiger partial charge in [0, 0.05) is 11.6 Å². The van der Waals surface area contributed by atoms with Crippen LogP contribution in [0.4, 0.5) is 5.69 Å². The zero-order valence-electron chi connectivity index (χ0n) is 10.7. The lowest BCUT2D eigenvalue weighted by Gasteiger charge is -2.22. The molecular weight excluding hydrogens is 248 g/mol. The van der Waals surface area contributed by atoms with Gasteiger partial charge in [0.2, 0.25) is 5.91 Å². The van der Waals surface area contributed by atoms with E-state index in [-0.39, 0.29) is 24.2 Å². The number of benzene rings is 1. The van der Waals surface area contributed by atoms with Gasteiger partial charge in [0.05, 0.1) is 0 Å². The van der Waals surface area contributed by atoms with E-state index in [4.69, 9.17) is 0 Å². The van der Waals surface area contributed by atoms with Crippen LogP contribution in [0, 0.1) is 5.92 Å². The summed E-state index contributed by atoms with van der Waals surface area (Å²) in [5.74, 6) is 0.341. The number of anilines is 1. The Bertz CT molecular complexity index is 389. The maximum absolute atomic E-state index is 12.1. The quantitative estimate of drug-likeness (QED) is 0.885. The average molecular weight is 269 g/mol. The zero-order chi connectivity index (χ0) is 12.1. The Kier molecular flexibility index (Phi) is 6.16. The largest absolute Gasteiger partial charge is 0.326 e. The zero-order valence-corrected chi connectivity index (χ0v) is 11.6. The van der Waals surface area contributed by atoms with Crippen molar-refractivity contribution in [2.75, 3.05) is 18.4 Å². The van der Waals surface area contributed by atoms with Gasteiger partial charge in [0.15, 0.2) is 0 Å². The molecule has 1 aliphatic rings. The molecule has 100 valence electrons. The van der Waals surface area contributed by atoms with E-state index in [0.717, 1.165) is 38.0 Å².